The van der Waals surface area contributed by atoms with E-state index >= 15 is 0 Å². The fourth-order valence-electron chi connectivity index (χ4n) is 10.6. The van der Waals surface area contributed by atoms with Crippen molar-refractivity contribution < 1.29 is 42.9 Å². The molecule has 0 amide bonds. The first-order valence-electron chi connectivity index (χ1n) is 37.4. The van der Waals surface area contributed by atoms with Crippen LogP contribution in [0.4, 0.5) is 0 Å². The molecular weight excluding hydrogens is 1100 g/mol. The van der Waals surface area contributed by atoms with E-state index in [2.05, 4.69) is 111 Å². The molecule has 0 aliphatic heterocycles. The standard InChI is InChI=1S/C80H141NO8/c1-6-8-10-12-14-16-18-20-22-24-26-28-30-32-33-34-35-36-37-38-39-40-41-42-43-44-45-47-49-51-53-55-57-59-61-63-65-67-69-71-78(83)89-76(75-88-80(79(84)85)86-73-72-81(3,4)5)74-87-77(82)70-68-66-64-62-60-58-56-54-52-50-48-46-31-29-27-25-23-21-19-17-15-13-11-9-7-2/h8,10,14,16,19-22,25-28,32-33,35-36,76,80H,6-7,9,11-13,15,17-18,23-24,29-31,34,37-75H2,1-5H3/b10-8-,16-14-,21-19-,22-20-,27-25-,28-26-,33-32-,36-35-. The van der Waals surface area contributed by atoms with Crippen molar-refractivity contribution in [2.45, 2.75) is 347 Å². The van der Waals surface area contributed by atoms with Crippen LogP contribution in [0.3, 0.4) is 0 Å². The van der Waals surface area contributed by atoms with Gasteiger partial charge in [0.25, 0.3) is 0 Å². The molecule has 0 rings (SSSR count). The Bertz CT molecular complexity index is 1790. The van der Waals surface area contributed by atoms with Gasteiger partial charge in [0.15, 0.2) is 12.4 Å². The second-order valence-corrected chi connectivity index (χ2v) is 26.2. The van der Waals surface area contributed by atoms with Crippen LogP contribution in [0.2, 0.25) is 0 Å². The quantitative estimate of drug-likeness (QED) is 0.0195. The van der Waals surface area contributed by atoms with Gasteiger partial charge in [-0.05, 0) is 96.3 Å². The average Bonchev–Trinajstić information content (AvgIpc) is 3.64. The molecule has 9 heteroatoms. The van der Waals surface area contributed by atoms with E-state index in [-0.39, 0.29) is 32.2 Å². The number of hydrogen-bond donors (Lipinski definition) is 0. The second-order valence-electron chi connectivity index (χ2n) is 26.2. The lowest BCUT2D eigenvalue weighted by atomic mass is 10.0. The number of carbonyl (C=O) groups is 3. The summed E-state index contributed by atoms with van der Waals surface area (Å²) < 4.78 is 22.8. The molecular formula is C80H141NO8. The molecule has 2 atom stereocenters. The zero-order chi connectivity index (χ0) is 64.7. The highest BCUT2D eigenvalue weighted by atomic mass is 16.7. The number of esters is 2. The molecule has 0 aliphatic rings. The lowest BCUT2D eigenvalue weighted by Crippen LogP contribution is -2.44. The monoisotopic (exact) mass is 1240 g/mol. The van der Waals surface area contributed by atoms with Crippen molar-refractivity contribution >= 4 is 17.9 Å². The minimum absolute atomic E-state index is 0.147. The predicted octanol–water partition coefficient (Wildman–Crippen LogP) is 22.3. The Morgan fingerprint density at radius 1 is 0.348 bits per heavy atom. The molecule has 9 nitrogen and oxygen atoms in total. The van der Waals surface area contributed by atoms with Crippen LogP contribution < -0.4 is 5.11 Å². The van der Waals surface area contributed by atoms with Crippen LogP contribution in [-0.4, -0.2) is 82.3 Å². The van der Waals surface area contributed by atoms with E-state index in [1.54, 1.807) is 0 Å². The zero-order valence-corrected chi connectivity index (χ0v) is 58.8. The number of nitrogens with zero attached hydrogens (tertiary/aromatic N) is 1. The van der Waals surface area contributed by atoms with E-state index in [9.17, 15) is 19.5 Å². The molecule has 0 radical (unpaired) electrons. The van der Waals surface area contributed by atoms with Gasteiger partial charge >= 0.3 is 11.9 Å². The molecule has 514 valence electrons. The molecule has 0 aromatic heterocycles. The van der Waals surface area contributed by atoms with Crippen molar-refractivity contribution in [3.63, 3.8) is 0 Å². The summed E-state index contributed by atoms with van der Waals surface area (Å²) in [4.78, 5) is 37.5. The lowest BCUT2D eigenvalue weighted by Gasteiger charge is -2.26. The Kier molecular flexibility index (Phi) is 67.1. The van der Waals surface area contributed by atoms with Gasteiger partial charge in [-0.25, -0.2) is 0 Å². The number of hydrogen-bond acceptors (Lipinski definition) is 8. The van der Waals surface area contributed by atoms with Gasteiger partial charge in [-0.1, -0.05) is 323 Å². The van der Waals surface area contributed by atoms with Gasteiger partial charge in [0.1, 0.15) is 13.2 Å². The third-order valence-electron chi connectivity index (χ3n) is 16.3. The summed E-state index contributed by atoms with van der Waals surface area (Å²) in [7, 11) is 5.94. The molecule has 0 aliphatic carbocycles. The average molecular weight is 1250 g/mol. The van der Waals surface area contributed by atoms with Crippen LogP contribution in [0.5, 0.6) is 0 Å². The fourth-order valence-corrected chi connectivity index (χ4v) is 10.6. The zero-order valence-electron chi connectivity index (χ0n) is 58.8. The summed E-state index contributed by atoms with van der Waals surface area (Å²) >= 11 is 0. The highest BCUT2D eigenvalue weighted by molar-refractivity contribution is 5.70. The Balaban J connectivity index is 4.03. The normalized spacial score (nSPS) is 13.2. The van der Waals surface area contributed by atoms with Gasteiger partial charge < -0.3 is 33.3 Å². The molecule has 0 saturated heterocycles. The number of carbonyl (C=O) groups excluding carboxylic acids is 3. The number of rotatable bonds is 69. The van der Waals surface area contributed by atoms with Crippen molar-refractivity contribution in [1.82, 2.24) is 0 Å². The molecule has 0 saturated carbocycles. The van der Waals surface area contributed by atoms with Crippen molar-refractivity contribution in [2.75, 3.05) is 47.5 Å². The smallest absolute Gasteiger partial charge is 0.306 e. The molecule has 89 heavy (non-hydrogen) atoms. The number of ether oxygens (including phenoxy) is 4. The van der Waals surface area contributed by atoms with Crippen LogP contribution in [0.25, 0.3) is 0 Å². The van der Waals surface area contributed by atoms with Gasteiger partial charge in [-0.2, -0.15) is 0 Å². The maximum atomic E-state index is 13.0. The van der Waals surface area contributed by atoms with E-state index in [1.807, 2.05) is 21.1 Å². The minimum Gasteiger partial charge on any atom is -0.545 e. The number of aliphatic carboxylic acids is 1. The maximum Gasteiger partial charge on any atom is 0.306 e. The Labute approximate surface area is 550 Å². The Morgan fingerprint density at radius 2 is 0.640 bits per heavy atom. The largest absolute Gasteiger partial charge is 0.545 e. The number of unbranched alkanes of at least 4 members (excludes halogenated alkanes) is 38. The van der Waals surface area contributed by atoms with Crippen LogP contribution >= 0.6 is 0 Å². The van der Waals surface area contributed by atoms with Crippen LogP contribution in [0, 0.1) is 0 Å². The molecule has 0 aromatic rings. The third kappa shape index (κ3) is 71.5. The first-order chi connectivity index (χ1) is 43.6. The molecule has 0 heterocycles. The van der Waals surface area contributed by atoms with Crippen molar-refractivity contribution in [3.05, 3.63) is 97.2 Å². The summed E-state index contributed by atoms with van der Waals surface area (Å²) in [6.07, 6.45) is 93.6. The summed E-state index contributed by atoms with van der Waals surface area (Å²) in [5, 5.41) is 11.8. The highest BCUT2D eigenvalue weighted by Crippen LogP contribution is 2.18. The van der Waals surface area contributed by atoms with Gasteiger partial charge in [-0.3, -0.25) is 9.59 Å². The minimum atomic E-state index is -1.62. The number of carboxylic acid groups (broad SMARTS) is 1. The van der Waals surface area contributed by atoms with E-state index < -0.39 is 24.3 Å². The lowest BCUT2D eigenvalue weighted by molar-refractivity contribution is -0.870. The first-order valence-corrected chi connectivity index (χ1v) is 37.4. The summed E-state index contributed by atoms with van der Waals surface area (Å²) in [6.45, 7) is 4.66. The van der Waals surface area contributed by atoms with Crippen molar-refractivity contribution in [1.29, 1.82) is 0 Å². The molecule has 0 aromatic carbocycles. The topological polar surface area (TPSA) is 111 Å². The molecule has 0 spiro atoms. The van der Waals surface area contributed by atoms with E-state index in [1.165, 1.54) is 225 Å². The van der Waals surface area contributed by atoms with E-state index in [4.69, 9.17) is 18.9 Å². The van der Waals surface area contributed by atoms with Gasteiger partial charge in [-0.15, -0.1) is 0 Å². The first kappa shape index (κ1) is 85.2. The summed E-state index contributed by atoms with van der Waals surface area (Å²) in [5.74, 6) is -2.27. The molecule has 2 unspecified atom stereocenters. The van der Waals surface area contributed by atoms with Crippen LogP contribution in [0.15, 0.2) is 97.2 Å². The SMILES string of the molecule is CC/C=C\C/C=C\C/C=C\C/C=C\C/C=C\C/C=C\CCCCCCCCCCCCCCCCCCCCCCC(=O)OC(COC(=O)CCCCCCCCCCCCCCC/C=C\C/C=C\CCCCCCC)COC(OCC[N+](C)(C)C)C(=O)[O-]. The molecule has 0 N–H and O–H groups in total. The maximum absolute atomic E-state index is 13.0. The number of allylic oxidation sites excluding steroid dienone is 16. The van der Waals surface area contributed by atoms with Crippen molar-refractivity contribution in [3.8, 4) is 0 Å². The highest BCUT2D eigenvalue weighted by Gasteiger charge is 2.22. The Hall–Kier alpha value is -3.79. The molecule has 0 fully saturated rings. The van der Waals surface area contributed by atoms with E-state index in [0.29, 0.717) is 23.9 Å². The Morgan fingerprint density at radius 3 is 0.955 bits per heavy atom. The van der Waals surface area contributed by atoms with Crippen molar-refractivity contribution in [2.24, 2.45) is 0 Å². The van der Waals surface area contributed by atoms with Gasteiger partial charge in [0, 0.05) is 12.8 Å². The predicted molar refractivity (Wildman–Crippen MR) is 380 cm³/mol. The van der Waals surface area contributed by atoms with Gasteiger partial charge in [0.2, 0.25) is 0 Å². The second kappa shape index (κ2) is 70.1. The number of carboxylic acids is 1. The third-order valence-corrected chi connectivity index (χ3v) is 16.3. The summed E-state index contributed by atoms with van der Waals surface area (Å²) in [5.41, 5.74) is 0. The number of likely N-dealkylation sites (N-methyl/N-ethyl adjacent to an activating group) is 1. The van der Waals surface area contributed by atoms with Crippen LogP contribution in [-0.2, 0) is 33.3 Å². The summed E-state index contributed by atoms with van der Waals surface area (Å²) in [6, 6.07) is 0. The van der Waals surface area contributed by atoms with E-state index in [0.717, 1.165) is 77.0 Å². The van der Waals surface area contributed by atoms with Crippen LogP contribution in [0.1, 0.15) is 335 Å². The fraction of sp³-hybridized carbons (Fsp3) is 0.762. The molecule has 0 bridgehead atoms. The number of quaternary nitrogens is 1. The van der Waals surface area contributed by atoms with Gasteiger partial charge in [0.05, 0.1) is 40.3 Å².